The summed E-state index contributed by atoms with van der Waals surface area (Å²) in [5.41, 5.74) is 1.80. The summed E-state index contributed by atoms with van der Waals surface area (Å²) in [5.74, 6) is 2.18. The molecule has 21 heavy (non-hydrogen) atoms. The molecule has 0 unspecified atom stereocenters. The predicted molar refractivity (Wildman–Crippen MR) is 71.3 cm³/mol. The number of carbonyl (C=O) groups excluding carboxylic acids is 1. The van der Waals surface area contributed by atoms with E-state index in [1.54, 1.807) is 0 Å². The van der Waals surface area contributed by atoms with E-state index >= 15 is 0 Å². The van der Waals surface area contributed by atoms with Crippen LogP contribution in [-0.4, -0.2) is 5.94 Å². The van der Waals surface area contributed by atoms with E-state index in [4.69, 9.17) is 14.0 Å². The van der Waals surface area contributed by atoms with E-state index in [-0.39, 0.29) is 23.0 Å². The first-order valence-corrected chi connectivity index (χ1v) is 5.33. The third-order valence-electron chi connectivity index (χ3n) is 1.99. The zero-order valence-corrected chi connectivity index (χ0v) is 12.7. The van der Waals surface area contributed by atoms with Crippen LogP contribution in [0, 0.1) is 25.9 Å². The Labute approximate surface area is 135 Å². The van der Waals surface area contributed by atoms with Gasteiger partial charge < -0.3 is 0 Å². The van der Waals surface area contributed by atoms with Crippen LogP contribution in [0.3, 0.4) is 0 Å². The zero-order chi connectivity index (χ0) is 16.4. The third-order valence-corrected chi connectivity index (χ3v) is 1.99. The van der Waals surface area contributed by atoms with Gasteiger partial charge in [-0.15, -0.1) is 0 Å². The van der Waals surface area contributed by atoms with Gasteiger partial charge >= 0.3 is 33.9 Å². The van der Waals surface area contributed by atoms with Gasteiger partial charge in [0.2, 0.25) is 0 Å². The Hall–Kier alpha value is -1.85. The molecule has 0 radical (unpaired) electrons. The largest absolute Gasteiger partial charge is 0 e. The molecule has 1 aromatic carbocycles. The van der Waals surface area contributed by atoms with Gasteiger partial charge in [-0.1, -0.05) is 50.3 Å². The Morgan fingerprint density at radius 1 is 1.05 bits per heavy atom. The molecule has 0 saturated carbocycles. The maximum atomic E-state index is 10.6. The second-order valence-electron chi connectivity index (χ2n) is 3.46. The first-order chi connectivity index (χ1) is 9.74. The van der Waals surface area contributed by atoms with E-state index in [1.807, 2.05) is 62.3 Å². The van der Waals surface area contributed by atoms with Crippen molar-refractivity contribution in [1.82, 2.24) is 0 Å². The number of hydrogen-bond acceptors (Lipinski definition) is 1. The molecule has 0 atom stereocenters. The van der Waals surface area contributed by atoms with Crippen molar-refractivity contribution in [2.24, 2.45) is 5.92 Å². The summed E-state index contributed by atoms with van der Waals surface area (Å²) in [6, 6.07) is 9.91. The molecule has 0 amide bonds. The van der Waals surface area contributed by atoms with Gasteiger partial charge in [-0.2, -0.15) is 0 Å². The van der Waals surface area contributed by atoms with E-state index in [9.17, 15) is 4.79 Å². The molecule has 0 aliphatic heterocycles. The van der Waals surface area contributed by atoms with Gasteiger partial charge in [-0.05, 0) is 17.6 Å². The number of allylic oxidation sites excluding steroid dienone is 2. The second kappa shape index (κ2) is 23.3. The Morgan fingerprint density at radius 2 is 1.48 bits per heavy atom. The van der Waals surface area contributed by atoms with Gasteiger partial charge in [-0.3, -0.25) is 0 Å². The monoisotopic (exact) mass is 326 g/mol. The van der Waals surface area contributed by atoms with Crippen LogP contribution in [0.15, 0.2) is 42.0 Å². The molecule has 0 saturated heterocycles. The quantitative estimate of drug-likeness (QED) is 0.276. The standard InChI is InChI=1S/C13H14O.3CO.Fe/c1-11(2)13(10-14)9-8-12-6-4-3-5-7-12;3*1-2;/h3-9,11H,1-2H3;;;;/b9-8+;;;;. The minimum Gasteiger partial charge on any atom is 0 e. The summed E-state index contributed by atoms with van der Waals surface area (Å²) < 4.78 is 22.5. The van der Waals surface area contributed by atoms with Gasteiger partial charge in [0.25, 0.3) is 0 Å². The Morgan fingerprint density at radius 3 is 1.81 bits per heavy atom. The van der Waals surface area contributed by atoms with Crippen molar-refractivity contribution in [2.45, 2.75) is 13.8 Å². The summed E-state index contributed by atoms with van der Waals surface area (Å²) in [5, 5.41) is 0. The second-order valence-corrected chi connectivity index (χ2v) is 3.46. The molecule has 0 fully saturated rings. The average Bonchev–Trinajstić information content (AvgIpc) is 2.54. The number of benzene rings is 1. The molecule has 0 bridgehead atoms. The fraction of sp³-hybridized carbons (Fsp3) is 0.188. The number of hydrogen-bond donors (Lipinski definition) is 0. The third kappa shape index (κ3) is 16.1. The minimum absolute atomic E-state index is 0. The average molecular weight is 326 g/mol. The molecule has 0 heterocycles. The molecule has 0 N–H and O–H groups in total. The van der Waals surface area contributed by atoms with Crippen molar-refractivity contribution in [3.05, 3.63) is 67.5 Å². The normalized spacial score (nSPS) is 7.29. The van der Waals surface area contributed by atoms with Gasteiger partial charge in [0.05, 0.1) is 0 Å². The Balaban J connectivity index is -0.000000183. The zero-order valence-electron chi connectivity index (χ0n) is 11.6. The SMILES string of the molecule is CC(C)C(=C=O)/C=C/c1ccccc1.[C-]#[O+].[C-]#[O+].[C-]#[O+].[Fe]. The van der Waals surface area contributed by atoms with Crippen LogP contribution in [0.5, 0.6) is 0 Å². The maximum absolute atomic E-state index is 10.6. The van der Waals surface area contributed by atoms with Gasteiger partial charge in [0, 0.05) is 22.6 Å². The summed E-state index contributed by atoms with van der Waals surface area (Å²) in [7, 11) is 0. The molecule has 110 valence electrons. The smallest absolute Gasteiger partial charge is 0 e. The van der Waals surface area contributed by atoms with E-state index in [2.05, 4.69) is 20.0 Å². The van der Waals surface area contributed by atoms with Crippen LogP contribution in [0.1, 0.15) is 19.4 Å². The van der Waals surface area contributed by atoms with Crippen molar-refractivity contribution < 1.29 is 35.8 Å². The van der Waals surface area contributed by atoms with Crippen molar-refractivity contribution in [3.8, 4) is 0 Å². The maximum Gasteiger partial charge on any atom is 0 e. The molecular formula is C16H14FeO4. The van der Waals surface area contributed by atoms with Crippen LogP contribution in [-0.2, 0) is 35.8 Å². The summed E-state index contributed by atoms with van der Waals surface area (Å²) >= 11 is 0. The summed E-state index contributed by atoms with van der Waals surface area (Å²) in [6.45, 7) is 17.5. The molecular weight excluding hydrogens is 312 g/mol. The van der Waals surface area contributed by atoms with Gasteiger partial charge in [0.1, 0.15) is 5.94 Å². The molecule has 0 aliphatic rings. The Bertz CT molecular complexity index is 464. The fourth-order valence-electron chi connectivity index (χ4n) is 1.09. The Kier molecular flexibility index (Phi) is 30.4. The summed E-state index contributed by atoms with van der Waals surface area (Å²) in [4.78, 5) is 10.6. The van der Waals surface area contributed by atoms with E-state index < -0.39 is 0 Å². The van der Waals surface area contributed by atoms with E-state index in [0.29, 0.717) is 5.57 Å². The van der Waals surface area contributed by atoms with Crippen LogP contribution in [0.4, 0.5) is 0 Å². The fourth-order valence-corrected chi connectivity index (χ4v) is 1.09. The molecule has 0 aliphatic carbocycles. The van der Waals surface area contributed by atoms with Crippen LogP contribution >= 0.6 is 0 Å². The topological polar surface area (TPSA) is 76.8 Å². The number of rotatable bonds is 3. The summed E-state index contributed by atoms with van der Waals surface area (Å²) in [6.07, 6.45) is 3.76. The molecule has 4 nitrogen and oxygen atoms in total. The molecule has 0 aromatic heterocycles. The van der Waals surface area contributed by atoms with Crippen LogP contribution in [0.25, 0.3) is 6.08 Å². The molecule has 5 heteroatoms. The van der Waals surface area contributed by atoms with E-state index in [0.717, 1.165) is 5.56 Å². The van der Waals surface area contributed by atoms with Crippen molar-refractivity contribution in [3.63, 3.8) is 0 Å². The predicted octanol–water partition coefficient (Wildman–Crippen LogP) is 3.00. The van der Waals surface area contributed by atoms with Gasteiger partial charge in [-0.25, -0.2) is 4.79 Å². The molecule has 1 rings (SSSR count). The van der Waals surface area contributed by atoms with Crippen LogP contribution < -0.4 is 0 Å². The minimum atomic E-state index is 0. The first kappa shape index (κ1) is 27.5. The van der Waals surface area contributed by atoms with Gasteiger partial charge in [0.15, 0.2) is 0 Å². The van der Waals surface area contributed by atoms with E-state index in [1.165, 1.54) is 0 Å². The molecule has 0 spiro atoms. The van der Waals surface area contributed by atoms with Crippen molar-refractivity contribution in [1.29, 1.82) is 0 Å². The van der Waals surface area contributed by atoms with Crippen molar-refractivity contribution >= 4 is 12.0 Å². The molecule has 1 aromatic rings. The first-order valence-electron chi connectivity index (χ1n) is 5.33. The van der Waals surface area contributed by atoms with Crippen LogP contribution in [0.2, 0.25) is 0 Å². The van der Waals surface area contributed by atoms with Crippen molar-refractivity contribution in [2.75, 3.05) is 0 Å².